The number of para-hydroxylation sites is 1. The number of benzene rings is 1. The van der Waals surface area contributed by atoms with Gasteiger partial charge < -0.3 is 4.74 Å². The first kappa shape index (κ1) is 14.8. The molecule has 1 aliphatic carbocycles. The van der Waals surface area contributed by atoms with Crippen LogP contribution >= 0.6 is 0 Å². The zero-order valence-electron chi connectivity index (χ0n) is 13.0. The van der Waals surface area contributed by atoms with Gasteiger partial charge in [-0.25, -0.2) is 0 Å². The Kier molecular flexibility index (Phi) is 4.01. The van der Waals surface area contributed by atoms with Crippen molar-refractivity contribution in [2.75, 3.05) is 13.2 Å². The number of imide groups is 1. The summed E-state index contributed by atoms with van der Waals surface area (Å²) in [5, 5.41) is 0. The minimum Gasteiger partial charge on any atom is -0.491 e. The zero-order valence-corrected chi connectivity index (χ0v) is 13.0. The van der Waals surface area contributed by atoms with Crippen molar-refractivity contribution in [3.63, 3.8) is 0 Å². The molecule has 4 heteroatoms. The predicted octanol–water partition coefficient (Wildman–Crippen LogP) is 2.63. The Balaban J connectivity index is 1.63. The highest BCUT2D eigenvalue weighted by Gasteiger charge is 2.46. The molecule has 1 aromatic rings. The van der Waals surface area contributed by atoms with Crippen LogP contribution in [0.2, 0.25) is 0 Å². The number of hydrogen-bond donors (Lipinski definition) is 0. The van der Waals surface area contributed by atoms with Gasteiger partial charge in [0.05, 0.1) is 18.4 Å². The largest absolute Gasteiger partial charge is 0.491 e. The second kappa shape index (κ2) is 5.95. The molecule has 4 nitrogen and oxygen atoms in total. The van der Waals surface area contributed by atoms with Crippen molar-refractivity contribution >= 4 is 11.8 Å². The predicted molar refractivity (Wildman–Crippen MR) is 83.5 cm³/mol. The van der Waals surface area contributed by atoms with E-state index in [4.69, 9.17) is 4.74 Å². The van der Waals surface area contributed by atoms with Crippen LogP contribution in [-0.4, -0.2) is 29.9 Å². The Labute approximate surface area is 130 Å². The average Bonchev–Trinajstić information content (AvgIpc) is 2.75. The maximum atomic E-state index is 12.3. The first-order valence-corrected chi connectivity index (χ1v) is 7.79. The van der Waals surface area contributed by atoms with E-state index in [-0.39, 0.29) is 23.7 Å². The molecule has 1 saturated heterocycles. The van der Waals surface area contributed by atoms with Gasteiger partial charge in [-0.1, -0.05) is 30.4 Å². The number of nitrogens with zero attached hydrogens (tertiary/aromatic N) is 1. The van der Waals surface area contributed by atoms with Gasteiger partial charge >= 0.3 is 0 Å². The van der Waals surface area contributed by atoms with E-state index in [2.05, 4.69) is 0 Å². The Morgan fingerprint density at radius 1 is 1.05 bits per heavy atom. The summed E-state index contributed by atoms with van der Waals surface area (Å²) in [4.78, 5) is 26.1. The number of ether oxygens (including phenoxy) is 1. The first-order valence-electron chi connectivity index (χ1n) is 7.79. The van der Waals surface area contributed by atoms with E-state index in [1.807, 2.05) is 44.2 Å². The van der Waals surface area contributed by atoms with Crippen LogP contribution in [0.1, 0.15) is 24.0 Å². The SMILES string of the molecule is Cc1cccc(C)c1OCCN1C(=O)[C@@H]2CC=CC[C@H]2C1=O. The van der Waals surface area contributed by atoms with Crippen molar-refractivity contribution < 1.29 is 14.3 Å². The van der Waals surface area contributed by atoms with Gasteiger partial charge in [-0.2, -0.15) is 0 Å². The number of carbonyl (C=O) groups is 2. The van der Waals surface area contributed by atoms with Crippen LogP contribution < -0.4 is 4.74 Å². The van der Waals surface area contributed by atoms with Gasteiger partial charge in [0, 0.05) is 0 Å². The van der Waals surface area contributed by atoms with E-state index in [0.717, 1.165) is 16.9 Å². The molecule has 0 saturated carbocycles. The summed E-state index contributed by atoms with van der Waals surface area (Å²) in [7, 11) is 0. The summed E-state index contributed by atoms with van der Waals surface area (Å²) in [6, 6.07) is 5.98. The van der Waals surface area contributed by atoms with Crippen LogP contribution in [0.3, 0.4) is 0 Å². The Bertz CT molecular complexity index is 589. The standard InChI is InChI=1S/C18H21NO3/c1-12-6-5-7-13(2)16(12)22-11-10-19-17(20)14-8-3-4-9-15(14)18(19)21/h3-7,14-15H,8-11H2,1-2H3/t14-,15-/m1/s1. The summed E-state index contributed by atoms with van der Waals surface area (Å²) in [5.74, 6) is 0.463. The van der Waals surface area contributed by atoms with E-state index < -0.39 is 0 Å². The molecule has 3 rings (SSSR count). The molecule has 0 aromatic heterocycles. The molecule has 1 fully saturated rings. The van der Waals surface area contributed by atoms with Crippen molar-refractivity contribution in [1.82, 2.24) is 4.90 Å². The smallest absolute Gasteiger partial charge is 0.233 e. The molecular formula is C18H21NO3. The summed E-state index contributed by atoms with van der Waals surface area (Å²) < 4.78 is 5.82. The van der Waals surface area contributed by atoms with Gasteiger partial charge in [0.15, 0.2) is 0 Å². The quantitative estimate of drug-likeness (QED) is 0.634. The molecule has 2 atom stereocenters. The fourth-order valence-electron chi connectivity index (χ4n) is 3.36. The average molecular weight is 299 g/mol. The Hall–Kier alpha value is -2.10. The molecule has 2 amide bonds. The van der Waals surface area contributed by atoms with Crippen molar-refractivity contribution in [3.05, 3.63) is 41.5 Å². The lowest BCUT2D eigenvalue weighted by Gasteiger charge is -2.17. The highest BCUT2D eigenvalue weighted by molar-refractivity contribution is 6.05. The minimum absolute atomic E-state index is 0.0375. The van der Waals surface area contributed by atoms with Gasteiger partial charge in [0.25, 0.3) is 0 Å². The third kappa shape index (κ3) is 2.54. The summed E-state index contributed by atoms with van der Waals surface area (Å²) in [6.45, 7) is 4.66. The maximum absolute atomic E-state index is 12.3. The van der Waals surface area contributed by atoms with Crippen LogP contribution in [0.4, 0.5) is 0 Å². The van der Waals surface area contributed by atoms with Gasteiger partial charge in [-0.3, -0.25) is 14.5 Å². The number of rotatable bonds is 4. The van der Waals surface area contributed by atoms with Crippen molar-refractivity contribution in [1.29, 1.82) is 0 Å². The summed E-state index contributed by atoms with van der Waals surface area (Å²) in [5.41, 5.74) is 2.13. The fraction of sp³-hybridized carbons (Fsp3) is 0.444. The number of carbonyl (C=O) groups excluding carboxylic acids is 2. The lowest BCUT2D eigenvalue weighted by molar-refractivity contribution is -0.140. The fourth-order valence-corrected chi connectivity index (χ4v) is 3.36. The van der Waals surface area contributed by atoms with Crippen molar-refractivity contribution in [2.45, 2.75) is 26.7 Å². The molecule has 1 heterocycles. The zero-order chi connectivity index (χ0) is 15.7. The Morgan fingerprint density at radius 2 is 1.59 bits per heavy atom. The third-order valence-electron chi connectivity index (χ3n) is 4.57. The molecule has 0 bridgehead atoms. The van der Waals surface area contributed by atoms with E-state index in [1.54, 1.807) is 0 Å². The monoisotopic (exact) mass is 299 g/mol. The first-order chi connectivity index (χ1) is 10.6. The molecule has 1 aromatic carbocycles. The van der Waals surface area contributed by atoms with Gasteiger partial charge in [-0.05, 0) is 37.8 Å². The molecule has 116 valence electrons. The van der Waals surface area contributed by atoms with Crippen LogP contribution in [0.25, 0.3) is 0 Å². The topological polar surface area (TPSA) is 46.6 Å². The van der Waals surface area contributed by atoms with Crippen LogP contribution in [0.5, 0.6) is 5.75 Å². The van der Waals surface area contributed by atoms with Gasteiger partial charge in [0.2, 0.25) is 11.8 Å². The number of amides is 2. The van der Waals surface area contributed by atoms with E-state index in [0.29, 0.717) is 26.0 Å². The normalized spacial score (nSPS) is 23.8. The molecule has 0 radical (unpaired) electrons. The second-order valence-corrected chi connectivity index (χ2v) is 6.05. The lowest BCUT2D eigenvalue weighted by atomic mass is 9.85. The van der Waals surface area contributed by atoms with Crippen LogP contribution in [0.15, 0.2) is 30.4 Å². The van der Waals surface area contributed by atoms with Crippen molar-refractivity contribution in [2.24, 2.45) is 11.8 Å². The number of aryl methyl sites for hydroxylation is 2. The van der Waals surface area contributed by atoms with E-state index in [9.17, 15) is 9.59 Å². The number of allylic oxidation sites excluding steroid dienone is 2. The van der Waals surface area contributed by atoms with E-state index >= 15 is 0 Å². The lowest BCUT2D eigenvalue weighted by Crippen LogP contribution is -2.34. The summed E-state index contributed by atoms with van der Waals surface area (Å²) >= 11 is 0. The van der Waals surface area contributed by atoms with Gasteiger partial charge in [0.1, 0.15) is 12.4 Å². The van der Waals surface area contributed by atoms with Crippen molar-refractivity contribution in [3.8, 4) is 5.75 Å². The second-order valence-electron chi connectivity index (χ2n) is 6.05. The highest BCUT2D eigenvalue weighted by atomic mass is 16.5. The molecule has 0 N–H and O–H groups in total. The molecular weight excluding hydrogens is 278 g/mol. The molecule has 22 heavy (non-hydrogen) atoms. The minimum atomic E-state index is -0.155. The van der Waals surface area contributed by atoms with Gasteiger partial charge in [-0.15, -0.1) is 0 Å². The number of fused-ring (bicyclic) bond motifs is 1. The van der Waals surface area contributed by atoms with Crippen LogP contribution in [-0.2, 0) is 9.59 Å². The number of hydrogen-bond acceptors (Lipinski definition) is 3. The number of likely N-dealkylation sites (tertiary alicyclic amines) is 1. The molecule has 0 unspecified atom stereocenters. The maximum Gasteiger partial charge on any atom is 0.233 e. The molecule has 2 aliphatic rings. The van der Waals surface area contributed by atoms with Crippen LogP contribution in [0, 0.1) is 25.7 Å². The molecule has 0 spiro atoms. The van der Waals surface area contributed by atoms with E-state index in [1.165, 1.54) is 4.90 Å². The Morgan fingerprint density at radius 3 is 2.14 bits per heavy atom. The third-order valence-corrected chi connectivity index (χ3v) is 4.57. The highest BCUT2D eigenvalue weighted by Crippen LogP contribution is 2.34. The summed E-state index contributed by atoms with van der Waals surface area (Å²) in [6.07, 6.45) is 5.37. The molecule has 1 aliphatic heterocycles.